The summed E-state index contributed by atoms with van der Waals surface area (Å²) in [4.78, 5) is 40.9. The number of benzene rings is 1. The van der Waals surface area contributed by atoms with Crippen LogP contribution >= 0.6 is 0 Å². The Morgan fingerprint density at radius 1 is 1.14 bits per heavy atom. The molecule has 2 atom stereocenters. The zero-order valence-corrected chi connectivity index (χ0v) is 24.8. The molecule has 1 fully saturated rings. The van der Waals surface area contributed by atoms with Crippen molar-refractivity contribution in [3.05, 3.63) is 71.9 Å². The summed E-state index contributed by atoms with van der Waals surface area (Å²) in [6.07, 6.45) is 4.84. The lowest BCUT2D eigenvalue weighted by Crippen LogP contribution is -2.66. The Bertz CT molecular complexity index is 1720. The van der Waals surface area contributed by atoms with Gasteiger partial charge in [-0.25, -0.2) is 23.5 Å². The first kappa shape index (κ1) is 30.6. The number of nitrogens with one attached hydrogen (secondary N) is 2. The molecule has 0 saturated carbocycles. The number of piperidine rings is 1. The van der Waals surface area contributed by atoms with E-state index in [-0.39, 0.29) is 18.1 Å². The number of aromatic nitrogens is 4. The van der Waals surface area contributed by atoms with Crippen molar-refractivity contribution in [1.82, 2.24) is 30.0 Å². The third-order valence-corrected chi connectivity index (χ3v) is 7.42. The molecule has 44 heavy (non-hydrogen) atoms. The monoisotopic (exact) mass is 608 g/mol. The van der Waals surface area contributed by atoms with E-state index in [1.807, 2.05) is 4.90 Å². The van der Waals surface area contributed by atoms with Crippen LogP contribution in [0.2, 0.25) is 0 Å². The van der Waals surface area contributed by atoms with E-state index in [0.717, 1.165) is 12.1 Å². The number of hydrogen-bond donors (Lipinski definition) is 4. The Morgan fingerprint density at radius 3 is 2.61 bits per heavy atom. The van der Waals surface area contributed by atoms with Crippen molar-refractivity contribution < 1.29 is 28.2 Å². The second-order valence-corrected chi connectivity index (χ2v) is 11.7. The van der Waals surface area contributed by atoms with Gasteiger partial charge in [-0.3, -0.25) is 14.2 Å². The molecule has 4 heterocycles. The van der Waals surface area contributed by atoms with Crippen molar-refractivity contribution in [2.75, 3.05) is 30.8 Å². The first-order valence-corrected chi connectivity index (χ1v) is 14.0. The van der Waals surface area contributed by atoms with Gasteiger partial charge in [0.15, 0.2) is 23.1 Å². The lowest BCUT2D eigenvalue weighted by atomic mass is 9.87. The Hall–Kier alpha value is -4.85. The van der Waals surface area contributed by atoms with Crippen LogP contribution in [-0.2, 0) is 9.53 Å². The first-order chi connectivity index (χ1) is 20.8. The van der Waals surface area contributed by atoms with E-state index in [4.69, 9.17) is 10.5 Å². The standard InChI is InChI=1S/C30H34F2N8O4/c1-29(2,3)44-28(43)38-30(27(42)34-4)8-5-10-39(16-30)22-14-36-21(17-6-7-19(31)20(32)12-17)13-18(22)24(41)23-15-37-26-25(33)35-9-11-40(23)26/h6-7,9,11-15,24,41H,5,8,10,16H2,1-4H3,(H2,33,35)(H,34,42)(H,38,43). The fourth-order valence-electron chi connectivity index (χ4n) is 5.42. The predicted molar refractivity (Wildman–Crippen MR) is 159 cm³/mol. The quantitative estimate of drug-likeness (QED) is 0.257. The summed E-state index contributed by atoms with van der Waals surface area (Å²) in [7, 11) is 1.48. The van der Waals surface area contributed by atoms with Crippen LogP contribution in [-0.4, -0.2) is 67.7 Å². The highest BCUT2D eigenvalue weighted by atomic mass is 19.2. The SMILES string of the molecule is CNC(=O)C1(NC(=O)OC(C)(C)C)CCCN(c2cnc(-c3ccc(F)c(F)c3)cc2C(O)c2cnc3c(N)nccn23)C1. The molecule has 232 valence electrons. The first-order valence-electron chi connectivity index (χ1n) is 14.0. The molecule has 0 aliphatic carbocycles. The highest BCUT2D eigenvalue weighted by Crippen LogP contribution is 2.37. The average Bonchev–Trinajstić information content (AvgIpc) is 3.42. The normalized spacial score (nSPS) is 17.8. The van der Waals surface area contributed by atoms with Crippen molar-refractivity contribution in [1.29, 1.82) is 0 Å². The maximum atomic E-state index is 14.2. The summed E-state index contributed by atoms with van der Waals surface area (Å²) < 4.78 is 34.9. The molecule has 1 aromatic carbocycles. The molecular formula is C30H34F2N8O4. The van der Waals surface area contributed by atoms with Gasteiger partial charge in [-0.15, -0.1) is 0 Å². The van der Waals surface area contributed by atoms with Gasteiger partial charge < -0.3 is 31.1 Å². The summed E-state index contributed by atoms with van der Waals surface area (Å²) in [5.74, 6) is -2.28. The number of anilines is 2. The van der Waals surface area contributed by atoms with Gasteiger partial charge in [0.25, 0.3) is 0 Å². The minimum absolute atomic E-state index is 0.0296. The molecule has 0 spiro atoms. The van der Waals surface area contributed by atoms with Gasteiger partial charge in [0.05, 0.1) is 36.0 Å². The number of carbonyl (C=O) groups excluding carboxylic acids is 2. The number of halogens is 2. The van der Waals surface area contributed by atoms with E-state index >= 15 is 0 Å². The maximum absolute atomic E-state index is 14.2. The maximum Gasteiger partial charge on any atom is 0.408 e. The summed E-state index contributed by atoms with van der Waals surface area (Å²) >= 11 is 0. The number of ether oxygens (including phenoxy) is 1. The molecule has 14 heteroatoms. The number of rotatable bonds is 6. The lowest BCUT2D eigenvalue weighted by Gasteiger charge is -2.43. The molecule has 1 saturated heterocycles. The number of imidazole rings is 1. The van der Waals surface area contributed by atoms with E-state index in [1.54, 1.807) is 37.4 Å². The van der Waals surface area contributed by atoms with Crippen molar-refractivity contribution in [2.45, 2.75) is 50.9 Å². The number of fused-ring (bicyclic) bond motifs is 1. The van der Waals surface area contributed by atoms with Crippen LogP contribution in [0.25, 0.3) is 16.9 Å². The van der Waals surface area contributed by atoms with Crippen LogP contribution in [0.3, 0.4) is 0 Å². The second kappa shape index (κ2) is 11.7. The number of hydrogen-bond acceptors (Lipinski definition) is 9. The van der Waals surface area contributed by atoms with Crippen LogP contribution in [0.4, 0.5) is 25.1 Å². The van der Waals surface area contributed by atoms with E-state index in [0.29, 0.717) is 47.5 Å². The van der Waals surface area contributed by atoms with E-state index in [2.05, 4.69) is 25.6 Å². The summed E-state index contributed by atoms with van der Waals surface area (Å²) in [6, 6.07) is 4.99. The van der Waals surface area contributed by atoms with Crippen molar-refractivity contribution >= 4 is 29.2 Å². The van der Waals surface area contributed by atoms with Gasteiger partial charge in [0.2, 0.25) is 5.91 Å². The molecule has 2 amide bonds. The largest absolute Gasteiger partial charge is 0.444 e. The highest BCUT2D eigenvalue weighted by Gasteiger charge is 2.45. The van der Waals surface area contributed by atoms with E-state index in [9.17, 15) is 23.5 Å². The number of pyridine rings is 1. The molecule has 1 aliphatic rings. The minimum Gasteiger partial charge on any atom is -0.444 e. The number of amides is 2. The third-order valence-electron chi connectivity index (χ3n) is 7.42. The zero-order chi connectivity index (χ0) is 31.8. The van der Waals surface area contributed by atoms with Crippen LogP contribution in [0, 0.1) is 11.6 Å². The molecule has 4 aromatic rings. The minimum atomic E-state index is -1.36. The summed E-state index contributed by atoms with van der Waals surface area (Å²) in [6.45, 7) is 5.67. The zero-order valence-electron chi connectivity index (χ0n) is 24.8. The fraction of sp³-hybridized carbons (Fsp3) is 0.367. The Labute approximate surface area is 252 Å². The fourth-order valence-corrected chi connectivity index (χ4v) is 5.42. The molecule has 2 unspecified atom stereocenters. The van der Waals surface area contributed by atoms with Gasteiger partial charge in [0.1, 0.15) is 17.2 Å². The number of nitrogens with two attached hydrogens (primary N) is 1. The van der Waals surface area contributed by atoms with Crippen molar-refractivity contribution in [3.8, 4) is 11.3 Å². The Kier molecular flexibility index (Phi) is 8.12. The van der Waals surface area contributed by atoms with Gasteiger partial charge >= 0.3 is 6.09 Å². The van der Waals surface area contributed by atoms with Gasteiger partial charge in [-0.05, 0) is 57.9 Å². The summed E-state index contributed by atoms with van der Waals surface area (Å²) in [5.41, 5.74) is 5.92. The van der Waals surface area contributed by atoms with Crippen LogP contribution in [0.5, 0.6) is 0 Å². The van der Waals surface area contributed by atoms with Gasteiger partial charge in [0, 0.05) is 37.1 Å². The number of alkyl carbamates (subject to hydrolysis) is 1. The van der Waals surface area contributed by atoms with E-state index in [1.165, 1.54) is 31.7 Å². The molecule has 12 nitrogen and oxygen atoms in total. The van der Waals surface area contributed by atoms with Crippen LogP contribution in [0.1, 0.15) is 51.0 Å². The van der Waals surface area contributed by atoms with E-state index < -0.39 is 40.9 Å². The number of carbonyl (C=O) groups is 2. The van der Waals surface area contributed by atoms with Crippen molar-refractivity contribution in [2.24, 2.45) is 0 Å². The van der Waals surface area contributed by atoms with Gasteiger partial charge in [-0.1, -0.05) is 0 Å². The number of nitrogens with zero attached hydrogens (tertiary/aromatic N) is 5. The number of likely N-dealkylation sites (N-methyl/N-ethyl adjacent to an activating group) is 1. The molecule has 5 N–H and O–H groups in total. The highest BCUT2D eigenvalue weighted by molar-refractivity contribution is 5.91. The number of aliphatic hydroxyl groups is 1. The van der Waals surface area contributed by atoms with Gasteiger partial charge in [-0.2, -0.15) is 0 Å². The lowest BCUT2D eigenvalue weighted by molar-refractivity contribution is -0.127. The smallest absolute Gasteiger partial charge is 0.408 e. The topological polar surface area (TPSA) is 160 Å². The summed E-state index contributed by atoms with van der Waals surface area (Å²) in [5, 5.41) is 17.3. The molecular weight excluding hydrogens is 574 g/mol. The molecule has 5 rings (SSSR count). The average molecular weight is 609 g/mol. The number of nitrogen functional groups attached to an aromatic ring is 1. The second-order valence-electron chi connectivity index (χ2n) is 11.7. The van der Waals surface area contributed by atoms with Crippen molar-refractivity contribution in [3.63, 3.8) is 0 Å². The Balaban J connectivity index is 1.60. The van der Waals surface area contributed by atoms with Crippen LogP contribution in [0.15, 0.2) is 49.1 Å². The van der Waals surface area contributed by atoms with Crippen LogP contribution < -0.4 is 21.3 Å². The predicted octanol–water partition coefficient (Wildman–Crippen LogP) is 3.34. The third kappa shape index (κ3) is 5.97. The molecule has 3 aromatic heterocycles. The Morgan fingerprint density at radius 2 is 1.91 bits per heavy atom. The molecule has 0 bridgehead atoms. The number of aliphatic hydroxyl groups excluding tert-OH is 1. The molecule has 1 aliphatic heterocycles. The molecule has 0 radical (unpaired) electrons.